The van der Waals surface area contributed by atoms with Crippen LogP contribution in [0.25, 0.3) is 10.9 Å². The lowest BCUT2D eigenvalue weighted by molar-refractivity contribution is 0.0640. The second-order valence-corrected chi connectivity index (χ2v) is 8.43. The number of hydrogen-bond donors (Lipinski definition) is 1. The van der Waals surface area contributed by atoms with Crippen LogP contribution >= 0.6 is 22.9 Å². The fourth-order valence-corrected chi connectivity index (χ4v) is 4.60. The normalized spacial score (nSPS) is 15.2. The van der Waals surface area contributed by atoms with Crippen LogP contribution in [0.4, 0.5) is 0 Å². The highest BCUT2D eigenvalue weighted by molar-refractivity contribution is 7.16. The molecule has 138 valence electrons. The highest BCUT2D eigenvalue weighted by atomic mass is 35.5. The summed E-state index contributed by atoms with van der Waals surface area (Å²) in [6, 6.07) is 11.7. The van der Waals surface area contributed by atoms with Gasteiger partial charge in [-0.3, -0.25) is 9.69 Å². The number of rotatable bonds is 4. The fraction of sp³-hybridized carbons (Fsp3) is 0.300. The molecule has 0 spiro atoms. The van der Waals surface area contributed by atoms with Gasteiger partial charge >= 0.3 is 0 Å². The van der Waals surface area contributed by atoms with Gasteiger partial charge in [-0.15, -0.1) is 11.3 Å². The number of piperazine rings is 1. The molecule has 4 rings (SSSR count). The molecule has 1 aliphatic rings. The zero-order valence-corrected chi connectivity index (χ0v) is 16.3. The van der Waals surface area contributed by atoms with Crippen LogP contribution in [-0.2, 0) is 6.42 Å². The summed E-state index contributed by atoms with van der Waals surface area (Å²) < 4.78 is 0.832. The molecule has 0 saturated carbocycles. The van der Waals surface area contributed by atoms with E-state index in [0.29, 0.717) is 24.2 Å². The standard InChI is InChI=1S/C20H19ClN4OS/c21-18-5-4-15(27-18)6-7-24-8-10-25(11-9-24)20(26)17-3-1-2-16-14(12-22)13-23-19(16)17/h1-5,13,23H,6-11H2. The number of carbonyl (C=O) groups excluding carboxylic acids is 1. The van der Waals surface area contributed by atoms with Gasteiger partial charge < -0.3 is 9.88 Å². The maximum absolute atomic E-state index is 13.0. The van der Waals surface area contributed by atoms with Crippen LogP contribution in [-0.4, -0.2) is 53.4 Å². The second kappa shape index (κ2) is 7.73. The first-order chi connectivity index (χ1) is 13.2. The van der Waals surface area contributed by atoms with Crippen molar-refractivity contribution in [3.8, 4) is 6.07 Å². The first-order valence-electron chi connectivity index (χ1n) is 8.92. The van der Waals surface area contributed by atoms with Gasteiger partial charge in [0.15, 0.2) is 0 Å². The molecule has 1 saturated heterocycles. The molecule has 1 aliphatic heterocycles. The molecular weight excluding hydrogens is 380 g/mol. The van der Waals surface area contributed by atoms with E-state index in [1.807, 2.05) is 29.2 Å². The van der Waals surface area contributed by atoms with Crippen molar-refractivity contribution in [1.29, 1.82) is 5.26 Å². The molecule has 3 aromatic rings. The Morgan fingerprint density at radius 2 is 2.04 bits per heavy atom. The summed E-state index contributed by atoms with van der Waals surface area (Å²) in [5.74, 6) is 0.0247. The van der Waals surface area contributed by atoms with Crippen LogP contribution in [0.3, 0.4) is 0 Å². The van der Waals surface area contributed by atoms with Crippen molar-refractivity contribution in [3.05, 3.63) is 56.9 Å². The molecule has 27 heavy (non-hydrogen) atoms. The third kappa shape index (κ3) is 3.72. The lowest BCUT2D eigenvalue weighted by Crippen LogP contribution is -2.49. The lowest BCUT2D eigenvalue weighted by Gasteiger charge is -2.34. The predicted octanol–water partition coefficient (Wildman–Crippen LogP) is 3.75. The van der Waals surface area contributed by atoms with Crippen molar-refractivity contribution < 1.29 is 4.79 Å². The zero-order valence-electron chi connectivity index (χ0n) is 14.7. The summed E-state index contributed by atoms with van der Waals surface area (Å²) >= 11 is 7.62. The topological polar surface area (TPSA) is 63.1 Å². The fourth-order valence-electron chi connectivity index (χ4n) is 3.52. The largest absolute Gasteiger partial charge is 0.359 e. The lowest BCUT2D eigenvalue weighted by atomic mass is 10.1. The average Bonchev–Trinajstić information content (AvgIpc) is 3.31. The molecular formula is C20H19ClN4OS. The van der Waals surface area contributed by atoms with Crippen molar-refractivity contribution >= 4 is 39.7 Å². The van der Waals surface area contributed by atoms with Crippen LogP contribution in [0.1, 0.15) is 20.8 Å². The van der Waals surface area contributed by atoms with Crippen LogP contribution in [0.5, 0.6) is 0 Å². The van der Waals surface area contributed by atoms with Gasteiger partial charge in [-0.1, -0.05) is 23.7 Å². The van der Waals surface area contributed by atoms with Gasteiger partial charge in [-0.25, -0.2) is 0 Å². The van der Waals surface area contributed by atoms with Crippen molar-refractivity contribution in [2.75, 3.05) is 32.7 Å². The minimum absolute atomic E-state index is 0.0247. The first kappa shape index (κ1) is 18.1. The Morgan fingerprint density at radius 1 is 1.22 bits per heavy atom. The molecule has 0 unspecified atom stereocenters. The summed E-state index contributed by atoms with van der Waals surface area (Å²) in [6.45, 7) is 4.15. The van der Waals surface area contributed by atoms with E-state index >= 15 is 0 Å². The monoisotopic (exact) mass is 398 g/mol. The number of aromatic amines is 1. The summed E-state index contributed by atoms with van der Waals surface area (Å²) in [4.78, 5) is 21.7. The number of aromatic nitrogens is 1. The van der Waals surface area contributed by atoms with E-state index in [1.165, 1.54) is 4.88 Å². The van der Waals surface area contributed by atoms with Crippen molar-refractivity contribution in [2.45, 2.75) is 6.42 Å². The average molecular weight is 399 g/mol. The van der Waals surface area contributed by atoms with E-state index in [2.05, 4.69) is 22.0 Å². The summed E-state index contributed by atoms with van der Waals surface area (Å²) in [5, 5.41) is 9.99. The Kier molecular flexibility index (Phi) is 5.17. The number of carbonyl (C=O) groups is 1. The maximum Gasteiger partial charge on any atom is 0.256 e. The van der Waals surface area contributed by atoms with Gasteiger partial charge in [-0.2, -0.15) is 5.26 Å². The molecule has 0 aliphatic carbocycles. The Morgan fingerprint density at radius 3 is 2.74 bits per heavy atom. The number of H-pyrrole nitrogens is 1. The molecule has 1 aromatic carbocycles. The SMILES string of the molecule is N#Cc1c[nH]c2c(C(=O)N3CCN(CCc4ccc(Cl)s4)CC3)cccc12. The molecule has 0 bridgehead atoms. The number of benzene rings is 1. The molecule has 0 atom stereocenters. The molecule has 1 N–H and O–H groups in total. The molecule has 3 heterocycles. The van der Waals surface area contributed by atoms with E-state index in [1.54, 1.807) is 17.5 Å². The van der Waals surface area contributed by atoms with E-state index in [4.69, 9.17) is 11.6 Å². The number of thiophene rings is 1. The number of halogens is 1. The van der Waals surface area contributed by atoms with E-state index in [9.17, 15) is 10.1 Å². The second-order valence-electron chi connectivity index (χ2n) is 6.63. The Bertz CT molecular complexity index is 1010. The van der Waals surface area contributed by atoms with Gasteiger partial charge in [0.05, 0.1) is 21.0 Å². The number of hydrogen-bond acceptors (Lipinski definition) is 4. The number of nitrogens with zero attached hydrogens (tertiary/aromatic N) is 3. The predicted molar refractivity (Wildman–Crippen MR) is 108 cm³/mol. The zero-order chi connectivity index (χ0) is 18.8. The molecule has 5 nitrogen and oxygen atoms in total. The Hall–Kier alpha value is -2.33. The number of nitrogens with one attached hydrogen (secondary N) is 1. The number of para-hydroxylation sites is 1. The number of nitriles is 1. The molecule has 1 amide bonds. The van der Waals surface area contributed by atoms with Gasteiger partial charge in [0.25, 0.3) is 5.91 Å². The third-order valence-corrected chi connectivity index (χ3v) is 6.32. The van der Waals surface area contributed by atoms with Crippen molar-refractivity contribution in [2.24, 2.45) is 0 Å². The van der Waals surface area contributed by atoms with Crippen molar-refractivity contribution in [1.82, 2.24) is 14.8 Å². The molecule has 2 aromatic heterocycles. The summed E-state index contributed by atoms with van der Waals surface area (Å²) in [6.07, 6.45) is 2.65. The van der Waals surface area contributed by atoms with E-state index in [0.717, 1.165) is 41.3 Å². The summed E-state index contributed by atoms with van der Waals surface area (Å²) in [5.41, 5.74) is 1.95. The van der Waals surface area contributed by atoms with E-state index in [-0.39, 0.29) is 5.91 Å². The quantitative estimate of drug-likeness (QED) is 0.727. The molecule has 1 fully saturated rings. The van der Waals surface area contributed by atoms with Gasteiger partial charge in [0, 0.05) is 49.2 Å². The molecule has 0 radical (unpaired) electrons. The van der Waals surface area contributed by atoms with Gasteiger partial charge in [0.1, 0.15) is 6.07 Å². The molecule has 7 heteroatoms. The van der Waals surface area contributed by atoms with E-state index < -0.39 is 0 Å². The van der Waals surface area contributed by atoms with Gasteiger partial charge in [-0.05, 0) is 24.6 Å². The van der Waals surface area contributed by atoms with Crippen LogP contribution in [0.2, 0.25) is 4.34 Å². The van der Waals surface area contributed by atoms with Crippen LogP contribution in [0.15, 0.2) is 36.5 Å². The number of amides is 1. The first-order valence-corrected chi connectivity index (χ1v) is 10.1. The van der Waals surface area contributed by atoms with Gasteiger partial charge in [0.2, 0.25) is 0 Å². The minimum atomic E-state index is 0.0247. The minimum Gasteiger partial charge on any atom is -0.359 e. The smallest absolute Gasteiger partial charge is 0.256 e. The highest BCUT2D eigenvalue weighted by Crippen LogP contribution is 2.24. The summed E-state index contributed by atoms with van der Waals surface area (Å²) in [7, 11) is 0. The highest BCUT2D eigenvalue weighted by Gasteiger charge is 2.24. The Balaban J connectivity index is 1.39. The maximum atomic E-state index is 13.0. The van der Waals surface area contributed by atoms with Crippen molar-refractivity contribution in [3.63, 3.8) is 0 Å². The number of fused-ring (bicyclic) bond motifs is 1. The van der Waals surface area contributed by atoms with Crippen LogP contribution in [0, 0.1) is 11.3 Å². The third-order valence-electron chi connectivity index (χ3n) is 5.03. The Labute approximate surface area is 166 Å². The van der Waals surface area contributed by atoms with Crippen LogP contribution < -0.4 is 0 Å².